The lowest BCUT2D eigenvalue weighted by molar-refractivity contribution is -0.139. The number of hydrogen-bond acceptors (Lipinski definition) is 4. The molecule has 108 valence electrons. The van der Waals surface area contributed by atoms with Gasteiger partial charge in [-0.1, -0.05) is 0 Å². The average molecular weight is 289 g/mol. The lowest BCUT2D eigenvalue weighted by atomic mass is 10.1. The standard InChI is InChI=1S/C11H19N3O4S/c12-9(15)3-2-8(10(16)17)13-11(18)14-4-1-6-19-7-5-14/h8H,1-7H2,(H2,12,15)(H,13,18)(H,16,17). The van der Waals surface area contributed by atoms with Crippen LogP contribution >= 0.6 is 11.8 Å². The highest BCUT2D eigenvalue weighted by Crippen LogP contribution is 2.10. The fourth-order valence-electron chi connectivity index (χ4n) is 1.73. The largest absolute Gasteiger partial charge is 0.480 e. The zero-order chi connectivity index (χ0) is 14.3. The Balaban J connectivity index is 2.49. The first-order valence-corrected chi connectivity index (χ1v) is 7.30. The zero-order valence-electron chi connectivity index (χ0n) is 10.6. The van der Waals surface area contributed by atoms with E-state index in [9.17, 15) is 14.4 Å². The number of carboxylic acids is 1. The van der Waals surface area contributed by atoms with E-state index in [1.807, 2.05) is 0 Å². The minimum Gasteiger partial charge on any atom is -0.480 e. The van der Waals surface area contributed by atoms with Gasteiger partial charge >= 0.3 is 12.0 Å². The number of primary amides is 1. The van der Waals surface area contributed by atoms with Gasteiger partial charge in [0.15, 0.2) is 0 Å². The minimum absolute atomic E-state index is 0.0129. The van der Waals surface area contributed by atoms with Gasteiger partial charge in [0.25, 0.3) is 0 Å². The van der Waals surface area contributed by atoms with Crippen LogP contribution in [-0.2, 0) is 9.59 Å². The van der Waals surface area contributed by atoms with Gasteiger partial charge in [0, 0.05) is 25.3 Å². The molecule has 1 heterocycles. The van der Waals surface area contributed by atoms with E-state index in [2.05, 4.69) is 5.32 Å². The molecule has 7 nitrogen and oxygen atoms in total. The van der Waals surface area contributed by atoms with Crippen molar-refractivity contribution < 1.29 is 19.5 Å². The summed E-state index contributed by atoms with van der Waals surface area (Å²) < 4.78 is 0. The zero-order valence-corrected chi connectivity index (χ0v) is 11.4. The number of nitrogens with one attached hydrogen (secondary N) is 1. The Kier molecular flexibility index (Phi) is 6.48. The van der Waals surface area contributed by atoms with Crippen molar-refractivity contribution in [3.8, 4) is 0 Å². The van der Waals surface area contributed by atoms with Crippen molar-refractivity contribution in [3.63, 3.8) is 0 Å². The number of urea groups is 1. The van der Waals surface area contributed by atoms with Crippen molar-refractivity contribution in [2.24, 2.45) is 5.73 Å². The Morgan fingerprint density at radius 1 is 1.32 bits per heavy atom. The number of aliphatic carboxylic acids is 1. The maximum absolute atomic E-state index is 11.9. The fraction of sp³-hybridized carbons (Fsp3) is 0.727. The second kappa shape index (κ2) is 7.88. The van der Waals surface area contributed by atoms with Gasteiger partial charge < -0.3 is 21.1 Å². The molecule has 0 bridgehead atoms. The van der Waals surface area contributed by atoms with E-state index in [4.69, 9.17) is 10.8 Å². The summed E-state index contributed by atoms with van der Waals surface area (Å²) in [5.74, 6) is 0.130. The molecule has 1 atom stereocenters. The van der Waals surface area contributed by atoms with Crippen molar-refractivity contribution in [1.29, 1.82) is 0 Å². The summed E-state index contributed by atoms with van der Waals surface area (Å²) in [5.41, 5.74) is 4.98. The van der Waals surface area contributed by atoms with Crippen molar-refractivity contribution in [2.75, 3.05) is 24.6 Å². The molecule has 0 spiro atoms. The molecule has 0 saturated carbocycles. The van der Waals surface area contributed by atoms with E-state index in [0.717, 1.165) is 17.9 Å². The van der Waals surface area contributed by atoms with Crippen LogP contribution in [0.2, 0.25) is 0 Å². The molecule has 0 aromatic heterocycles. The second-order valence-electron chi connectivity index (χ2n) is 4.30. The van der Waals surface area contributed by atoms with Crippen LogP contribution in [0.1, 0.15) is 19.3 Å². The molecule has 1 aliphatic rings. The number of nitrogens with two attached hydrogens (primary N) is 1. The van der Waals surface area contributed by atoms with Crippen LogP contribution in [0.25, 0.3) is 0 Å². The molecule has 0 aromatic carbocycles. The van der Waals surface area contributed by atoms with E-state index < -0.39 is 17.9 Å². The summed E-state index contributed by atoms with van der Waals surface area (Å²) in [6, 6.07) is -1.46. The first kappa shape index (κ1) is 15.6. The van der Waals surface area contributed by atoms with Crippen molar-refractivity contribution in [3.05, 3.63) is 0 Å². The molecule has 3 amide bonds. The highest BCUT2D eigenvalue weighted by atomic mass is 32.2. The predicted molar refractivity (Wildman–Crippen MR) is 71.9 cm³/mol. The molecule has 19 heavy (non-hydrogen) atoms. The molecule has 4 N–H and O–H groups in total. The van der Waals surface area contributed by atoms with E-state index in [-0.39, 0.29) is 18.9 Å². The third kappa shape index (κ3) is 5.82. The number of carboxylic acid groups (broad SMARTS) is 1. The van der Waals surface area contributed by atoms with Crippen LogP contribution in [0.5, 0.6) is 0 Å². The molecule has 0 aromatic rings. The molecular weight excluding hydrogens is 270 g/mol. The van der Waals surface area contributed by atoms with E-state index in [1.54, 1.807) is 16.7 Å². The smallest absolute Gasteiger partial charge is 0.326 e. The maximum Gasteiger partial charge on any atom is 0.326 e. The quantitative estimate of drug-likeness (QED) is 0.651. The van der Waals surface area contributed by atoms with Crippen LogP contribution < -0.4 is 11.1 Å². The Morgan fingerprint density at radius 2 is 2.05 bits per heavy atom. The van der Waals surface area contributed by atoms with Gasteiger partial charge in [-0.2, -0.15) is 11.8 Å². The van der Waals surface area contributed by atoms with Gasteiger partial charge in [-0.05, 0) is 18.6 Å². The average Bonchev–Trinajstić information content (AvgIpc) is 2.62. The Labute approximate surface area is 115 Å². The highest BCUT2D eigenvalue weighted by molar-refractivity contribution is 7.99. The van der Waals surface area contributed by atoms with Gasteiger partial charge in [-0.25, -0.2) is 9.59 Å². The summed E-state index contributed by atoms with van der Waals surface area (Å²) in [6.07, 6.45) is 0.850. The van der Waals surface area contributed by atoms with Gasteiger partial charge in [-0.3, -0.25) is 4.79 Å². The Morgan fingerprint density at radius 3 is 2.68 bits per heavy atom. The molecule has 0 radical (unpaired) electrons. The maximum atomic E-state index is 11.9. The van der Waals surface area contributed by atoms with Crippen LogP contribution in [-0.4, -0.2) is 58.6 Å². The van der Waals surface area contributed by atoms with Crippen molar-refractivity contribution in [2.45, 2.75) is 25.3 Å². The minimum atomic E-state index is -1.15. The molecule has 1 rings (SSSR count). The number of nitrogens with zero attached hydrogens (tertiary/aromatic N) is 1. The predicted octanol–water partition coefficient (Wildman–Crippen LogP) is -0.146. The number of rotatable bonds is 5. The van der Waals surface area contributed by atoms with Crippen molar-refractivity contribution >= 4 is 29.7 Å². The SMILES string of the molecule is NC(=O)CCC(NC(=O)N1CCCSCC1)C(=O)O. The number of thioether (sulfide) groups is 1. The van der Waals surface area contributed by atoms with Crippen LogP contribution in [0, 0.1) is 0 Å². The summed E-state index contributed by atoms with van der Waals surface area (Å²) in [4.78, 5) is 35.2. The Bertz CT molecular complexity index is 343. The second-order valence-corrected chi connectivity index (χ2v) is 5.52. The summed E-state index contributed by atoms with van der Waals surface area (Å²) in [6.45, 7) is 1.24. The molecule has 1 fully saturated rings. The first-order valence-electron chi connectivity index (χ1n) is 6.15. The van der Waals surface area contributed by atoms with Gasteiger partial charge in [0.2, 0.25) is 5.91 Å². The van der Waals surface area contributed by atoms with Crippen LogP contribution in [0.15, 0.2) is 0 Å². The van der Waals surface area contributed by atoms with E-state index in [0.29, 0.717) is 13.1 Å². The van der Waals surface area contributed by atoms with Crippen LogP contribution in [0.3, 0.4) is 0 Å². The number of amides is 3. The summed E-state index contributed by atoms with van der Waals surface area (Å²) in [7, 11) is 0. The topological polar surface area (TPSA) is 113 Å². The lowest BCUT2D eigenvalue weighted by Crippen LogP contribution is -2.48. The number of carbonyl (C=O) groups excluding carboxylic acids is 2. The van der Waals surface area contributed by atoms with E-state index >= 15 is 0 Å². The molecule has 1 saturated heterocycles. The molecule has 0 aliphatic carbocycles. The van der Waals surface area contributed by atoms with Gasteiger partial charge in [-0.15, -0.1) is 0 Å². The first-order chi connectivity index (χ1) is 9.00. The number of carbonyl (C=O) groups is 3. The monoisotopic (exact) mass is 289 g/mol. The highest BCUT2D eigenvalue weighted by Gasteiger charge is 2.23. The van der Waals surface area contributed by atoms with Gasteiger partial charge in [0.05, 0.1) is 0 Å². The van der Waals surface area contributed by atoms with Crippen LogP contribution in [0.4, 0.5) is 4.79 Å². The van der Waals surface area contributed by atoms with Crippen molar-refractivity contribution in [1.82, 2.24) is 10.2 Å². The number of hydrogen-bond donors (Lipinski definition) is 3. The lowest BCUT2D eigenvalue weighted by Gasteiger charge is -2.23. The fourth-order valence-corrected chi connectivity index (χ4v) is 2.62. The molecule has 8 heteroatoms. The molecule has 1 aliphatic heterocycles. The molecular formula is C11H19N3O4S. The van der Waals surface area contributed by atoms with Gasteiger partial charge in [0.1, 0.15) is 6.04 Å². The normalized spacial score (nSPS) is 17.4. The summed E-state index contributed by atoms with van der Waals surface area (Å²) in [5, 5.41) is 11.4. The molecule has 1 unspecified atom stereocenters. The van der Waals surface area contributed by atoms with E-state index in [1.165, 1.54) is 0 Å². The third-order valence-corrected chi connectivity index (χ3v) is 3.83. The third-order valence-electron chi connectivity index (χ3n) is 2.78. The summed E-state index contributed by atoms with van der Waals surface area (Å²) >= 11 is 1.78. The Hall–Kier alpha value is -1.44.